The van der Waals surface area contributed by atoms with Crippen molar-refractivity contribution < 1.29 is 14.3 Å². The van der Waals surface area contributed by atoms with Crippen molar-refractivity contribution in [2.45, 2.75) is 12.8 Å². The van der Waals surface area contributed by atoms with E-state index in [9.17, 15) is 9.18 Å². The Kier molecular flexibility index (Phi) is 4.09. The number of rotatable bonds is 3. The van der Waals surface area contributed by atoms with Crippen molar-refractivity contribution in [1.82, 2.24) is 5.32 Å². The molecule has 104 valence electrons. The highest BCUT2D eigenvalue weighted by atomic mass is 19.1. The number of anilines is 2. The number of nitrogens with two attached hydrogens (primary N) is 1. The third-order valence-corrected chi connectivity index (χ3v) is 3.49. The number of hydrogen-bond acceptors (Lipinski definition) is 3. The minimum absolute atomic E-state index is 0.304. The maximum atomic E-state index is 13.8. The number of hydrogen-bond donors (Lipinski definition) is 3. The lowest BCUT2D eigenvalue weighted by molar-refractivity contribution is 0.191. The zero-order valence-corrected chi connectivity index (χ0v) is 10.6. The van der Waals surface area contributed by atoms with Gasteiger partial charge in [0.1, 0.15) is 5.82 Å². The average molecular weight is 267 g/mol. The zero-order valence-electron chi connectivity index (χ0n) is 10.6. The van der Waals surface area contributed by atoms with E-state index in [1.807, 2.05) is 4.90 Å². The minimum atomic E-state index is -0.999. The first-order chi connectivity index (χ1) is 9.08. The van der Waals surface area contributed by atoms with E-state index in [1.54, 1.807) is 12.1 Å². The summed E-state index contributed by atoms with van der Waals surface area (Å²) >= 11 is 0. The normalized spacial score (nSPS) is 16.4. The Labute approximate surface area is 111 Å². The molecule has 0 aromatic heterocycles. The molecule has 4 N–H and O–H groups in total. The Hall–Kier alpha value is -1.98. The SMILES string of the molecule is Nc1cccc(F)c1N1CCC(CNC(=O)O)CC1. The summed E-state index contributed by atoms with van der Waals surface area (Å²) in [7, 11) is 0. The number of nitrogens with one attached hydrogen (secondary N) is 1. The Bertz CT molecular complexity index is 439. The van der Waals surface area contributed by atoms with Gasteiger partial charge in [-0.3, -0.25) is 0 Å². The van der Waals surface area contributed by atoms with E-state index in [1.165, 1.54) is 6.07 Å². The lowest BCUT2D eigenvalue weighted by Crippen LogP contribution is -2.39. The highest BCUT2D eigenvalue weighted by Crippen LogP contribution is 2.30. The van der Waals surface area contributed by atoms with Gasteiger partial charge in [0.15, 0.2) is 0 Å². The first kappa shape index (κ1) is 13.5. The Morgan fingerprint density at radius 2 is 2.16 bits per heavy atom. The van der Waals surface area contributed by atoms with Crippen LogP contribution in [0.4, 0.5) is 20.6 Å². The molecule has 1 fully saturated rings. The average Bonchev–Trinajstić information content (AvgIpc) is 2.37. The monoisotopic (exact) mass is 267 g/mol. The van der Waals surface area contributed by atoms with Gasteiger partial charge in [-0.15, -0.1) is 0 Å². The first-order valence-corrected chi connectivity index (χ1v) is 6.33. The van der Waals surface area contributed by atoms with E-state index in [2.05, 4.69) is 5.32 Å². The molecule has 1 aromatic carbocycles. The summed E-state index contributed by atoms with van der Waals surface area (Å²) in [6.07, 6.45) is 0.656. The van der Waals surface area contributed by atoms with Crippen molar-refractivity contribution in [3.63, 3.8) is 0 Å². The van der Waals surface area contributed by atoms with Gasteiger partial charge in [-0.25, -0.2) is 9.18 Å². The standard InChI is InChI=1S/C13H18FN3O2/c14-10-2-1-3-11(15)12(10)17-6-4-9(5-7-17)8-16-13(18)19/h1-3,9,16H,4-8,15H2,(H,18,19). The topological polar surface area (TPSA) is 78.6 Å². The molecule has 2 rings (SSSR count). The van der Waals surface area contributed by atoms with Crippen molar-refractivity contribution in [3.8, 4) is 0 Å². The highest BCUT2D eigenvalue weighted by molar-refractivity contribution is 5.68. The number of halogens is 1. The Morgan fingerprint density at radius 1 is 1.47 bits per heavy atom. The number of nitrogen functional groups attached to an aromatic ring is 1. The second-order valence-electron chi connectivity index (χ2n) is 4.79. The molecule has 1 aromatic rings. The van der Waals surface area contributed by atoms with Crippen LogP contribution in [0.3, 0.4) is 0 Å². The molecule has 0 aliphatic carbocycles. The summed E-state index contributed by atoms with van der Waals surface area (Å²) in [4.78, 5) is 12.4. The van der Waals surface area contributed by atoms with Gasteiger partial charge in [0, 0.05) is 19.6 Å². The van der Waals surface area contributed by atoms with Gasteiger partial charge in [0.25, 0.3) is 0 Å². The van der Waals surface area contributed by atoms with Gasteiger partial charge in [-0.05, 0) is 30.9 Å². The fourth-order valence-electron chi connectivity index (χ4n) is 2.46. The molecule has 0 unspecified atom stereocenters. The van der Waals surface area contributed by atoms with E-state index < -0.39 is 6.09 Å². The third kappa shape index (κ3) is 3.27. The zero-order chi connectivity index (χ0) is 13.8. The van der Waals surface area contributed by atoms with Crippen LogP contribution in [0.2, 0.25) is 0 Å². The van der Waals surface area contributed by atoms with Crippen LogP contribution in [0.1, 0.15) is 12.8 Å². The van der Waals surface area contributed by atoms with Gasteiger partial charge in [-0.2, -0.15) is 0 Å². The molecule has 5 nitrogen and oxygen atoms in total. The molecule has 0 radical (unpaired) electrons. The largest absolute Gasteiger partial charge is 0.465 e. The van der Waals surface area contributed by atoms with Crippen molar-refractivity contribution in [3.05, 3.63) is 24.0 Å². The molecule has 0 bridgehead atoms. The second kappa shape index (κ2) is 5.77. The summed E-state index contributed by atoms with van der Waals surface area (Å²) in [5, 5.41) is 11.0. The van der Waals surface area contributed by atoms with Crippen LogP contribution in [-0.4, -0.2) is 30.8 Å². The smallest absolute Gasteiger partial charge is 0.404 e. The van der Waals surface area contributed by atoms with Crippen LogP contribution in [0.15, 0.2) is 18.2 Å². The number of carboxylic acid groups (broad SMARTS) is 1. The molecule has 1 saturated heterocycles. The van der Waals surface area contributed by atoms with Crippen LogP contribution in [0, 0.1) is 11.7 Å². The number of para-hydroxylation sites is 1. The molecule has 0 spiro atoms. The quantitative estimate of drug-likeness (QED) is 0.731. The van der Waals surface area contributed by atoms with E-state index in [-0.39, 0.29) is 5.82 Å². The van der Waals surface area contributed by atoms with Crippen LogP contribution in [-0.2, 0) is 0 Å². The van der Waals surface area contributed by atoms with Gasteiger partial charge in [-0.1, -0.05) is 6.07 Å². The first-order valence-electron chi connectivity index (χ1n) is 6.33. The van der Waals surface area contributed by atoms with Crippen LogP contribution in [0.25, 0.3) is 0 Å². The van der Waals surface area contributed by atoms with Crippen molar-refractivity contribution in [1.29, 1.82) is 0 Å². The maximum absolute atomic E-state index is 13.8. The number of carbonyl (C=O) groups is 1. The van der Waals surface area contributed by atoms with Crippen LogP contribution in [0.5, 0.6) is 0 Å². The number of piperidine rings is 1. The van der Waals surface area contributed by atoms with Crippen molar-refractivity contribution in [2.24, 2.45) is 5.92 Å². The summed E-state index contributed by atoms with van der Waals surface area (Å²) in [5.74, 6) is 0.00228. The van der Waals surface area contributed by atoms with E-state index in [4.69, 9.17) is 10.8 Å². The summed E-state index contributed by atoms with van der Waals surface area (Å²) in [6.45, 7) is 1.84. The van der Waals surface area contributed by atoms with E-state index in [0.717, 1.165) is 12.8 Å². The number of nitrogens with zero attached hydrogens (tertiary/aromatic N) is 1. The summed E-state index contributed by atoms with van der Waals surface area (Å²) in [6, 6.07) is 4.69. The summed E-state index contributed by atoms with van der Waals surface area (Å²) < 4.78 is 13.8. The lowest BCUT2D eigenvalue weighted by Gasteiger charge is -2.34. The van der Waals surface area contributed by atoms with Gasteiger partial charge in [0.2, 0.25) is 0 Å². The van der Waals surface area contributed by atoms with Crippen LogP contribution >= 0.6 is 0 Å². The van der Waals surface area contributed by atoms with Crippen LogP contribution < -0.4 is 16.0 Å². The van der Waals surface area contributed by atoms with Gasteiger partial charge in [0.05, 0.1) is 11.4 Å². The Balaban J connectivity index is 1.94. The molecule has 1 aliphatic heterocycles. The molecule has 1 heterocycles. The number of benzene rings is 1. The van der Waals surface area contributed by atoms with E-state index >= 15 is 0 Å². The molecule has 0 saturated carbocycles. The molecular formula is C13H18FN3O2. The fraction of sp³-hybridized carbons (Fsp3) is 0.462. The third-order valence-electron chi connectivity index (χ3n) is 3.49. The second-order valence-corrected chi connectivity index (χ2v) is 4.79. The van der Waals surface area contributed by atoms with Gasteiger partial charge < -0.3 is 21.1 Å². The molecule has 0 atom stereocenters. The predicted molar refractivity (Wildman–Crippen MR) is 71.8 cm³/mol. The predicted octanol–water partition coefficient (Wildman–Crippen LogP) is 1.89. The highest BCUT2D eigenvalue weighted by Gasteiger charge is 2.22. The Morgan fingerprint density at radius 3 is 2.74 bits per heavy atom. The van der Waals surface area contributed by atoms with Crippen molar-refractivity contribution in [2.75, 3.05) is 30.3 Å². The molecular weight excluding hydrogens is 249 g/mol. The van der Waals surface area contributed by atoms with E-state index in [0.29, 0.717) is 36.9 Å². The minimum Gasteiger partial charge on any atom is -0.465 e. The van der Waals surface area contributed by atoms with Gasteiger partial charge >= 0.3 is 6.09 Å². The molecule has 1 aliphatic rings. The number of amides is 1. The molecule has 6 heteroatoms. The molecule has 1 amide bonds. The summed E-state index contributed by atoms with van der Waals surface area (Å²) in [5.41, 5.74) is 6.72. The van der Waals surface area contributed by atoms with Crippen molar-refractivity contribution >= 4 is 17.5 Å². The maximum Gasteiger partial charge on any atom is 0.404 e. The fourth-order valence-corrected chi connectivity index (χ4v) is 2.46. The molecule has 19 heavy (non-hydrogen) atoms. The lowest BCUT2D eigenvalue weighted by atomic mass is 9.96.